The average Bonchev–Trinajstić information content (AvgIpc) is 1.81. The highest BCUT2D eigenvalue weighted by atomic mass is 13.7. The average molecular weight is 107 g/mol. The first-order valence-electron chi connectivity index (χ1n) is 2.65. The van der Waals surface area contributed by atoms with Crippen molar-refractivity contribution in [2.45, 2.75) is 6.42 Å². The van der Waals surface area contributed by atoms with Crippen LogP contribution in [0, 0.1) is 6.92 Å². The van der Waals surface area contributed by atoms with Crippen molar-refractivity contribution >= 4 is 0 Å². The first-order chi connectivity index (χ1) is 3.91. The molecule has 0 heterocycles. The lowest BCUT2D eigenvalue weighted by Crippen LogP contribution is -1.50. The van der Waals surface area contributed by atoms with E-state index in [1.54, 1.807) is 6.08 Å². The lowest BCUT2D eigenvalue weighted by Gasteiger charge is -1.71. The summed E-state index contributed by atoms with van der Waals surface area (Å²) in [5.74, 6) is 0. The first kappa shape index (κ1) is 7.22. The van der Waals surface area contributed by atoms with E-state index in [1.807, 2.05) is 24.3 Å². The molecular weight excluding hydrogens is 96.1 g/mol. The van der Waals surface area contributed by atoms with Crippen molar-refractivity contribution in [3.05, 3.63) is 43.9 Å². The van der Waals surface area contributed by atoms with Gasteiger partial charge in [-0.25, -0.2) is 0 Å². The number of hydrogen-bond donors (Lipinski definition) is 0. The van der Waals surface area contributed by atoms with Crippen LogP contribution in [-0.4, -0.2) is 0 Å². The maximum absolute atomic E-state index is 3.64. The molecule has 0 amide bonds. The maximum atomic E-state index is 3.64. The summed E-state index contributed by atoms with van der Waals surface area (Å²) in [5, 5.41) is 0. The summed E-state index contributed by atoms with van der Waals surface area (Å²) >= 11 is 0. The van der Waals surface area contributed by atoms with Crippen molar-refractivity contribution in [3.63, 3.8) is 0 Å². The van der Waals surface area contributed by atoms with Crippen LogP contribution in [0.2, 0.25) is 0 Å². The summed E-state index contributed by atoms with van der Waals surface area (Å²) in [6.07, 6.45) is 10.3. The topological polar surface area (TPSA) is 0 Å². The Morgan fingerprint density at radius 1 is 1.12 bits per heavy atom. The largest absolute Gasteiger partial charge is 0.0991 e. The summed E-state index contributed by atoms with van der Waals surface area (Å²) in [4.78, 5) is 0. The fourth-order valence-electron chi connectivity index (χ4n) is 0.318. The van der Waals surface area contributed by atoms with E-state index in [0.717, 1.165) is 6.42 Å². The Morgan fingerprint density at radius 2 is 1.88 bits per heavy atom. The number of allylic oxidation sites excluding steroid dienone is 5. The zero-order chi connectivity index (χ0) is 6.24. The van der Waals surface area contributed by atoms with E-state index in [9.17, 15) is 0 Å². The molecule has 8 heavy (non-hydrogen) atoms. The summed E-state index contributed by atoms with van der Waals surface area (Å²) in [5.41, 5.74) is 0. The molecule has 0 aromatic carbocycles. The van der Waals surface area contributed by atoms with Gasteiger partial charge in [0, 0.05) is 0 Å². The van der Waals surface area contributed by atoms with Gasteiger partial charge in [0.1, 0.15) is 0 Å². The Labute approximate surface area is 51.2 Å². The summed E-state index contributed by atoms with van der Waals surface area (Å²) < 4.78 is 0. The van der Waals surface area contributed by atoms with E-state index in [0.29, 0.717) is 0 Å². The standard InChI is InChI=1S/C8H11/c1-3-5-7-8-6-4-2/h3,5-8H,1-2,4H2. The molecule has 0 aromatic heterocycles. The molecule has 0 atom stereocenters. The Balaban J connectivity index is 3.26. The lowest BCUT2D eigenvalue weighted by molar-refractivity contribution is 1.40. The summed E-state index contributed by atoms with van der Waals surface area (Å²) in [6, 6.07) is 0. The zero-order valence-corrected chi connectivity index (χ0v) is 5.01. The molecule has 0 heteroatoms. The van der Waals surface area contributed by atoms with Crippen LogP contribution in [0.5, 0.6) is 0 Å². The SMILES string of the molecule is [CH2]CC=CC=CC=C. The Kier molecular flexibility index (Phi) is 5.61. The minimum absolute atomic E-state index is 0.849. The molecule has 43 valence electrons. The molecule has 0 nitrogen and oxygen atoms in total. The molecule has 0 aromatic rings. The summed E-state index contributed by atoms with van der Waals surface area (Å²) in [6.45, 7) is 7.16. The predicted octanol–water partition coefficient (Wildman–Crippen LogP) is 2.51. The quantitative estimate of drug-likeness (QED) is 0.486. The first-order valence-corrected chi connectivity index (χ1v) is 2.65. The van der Waals surface area contributed by atoms with Gasteiger partial charge in [0.25, 0.3) is 0 Å². The van der Waals surface area contributed by atoms with Crippen LogP contribution >= 0.6 is 0 Å². The van der Waals surface area contributed by atoms with Crippen LogP contribution in [-0.2, 0) is 0 Å². The highest BCUT2D eigenvalue weighted by Crippen LogP contribution is 1.80. The van der Waals surface area contributed by atoms with Crippen LogP contribution in [0.4, 0.5) is 0 Å². The molecule has 0 aliphatic rings. The van der Waals surface area contributed by atoms with Gasteiger partial charge in [0.05, 0.1) is 0 Å². The minimum Gasteiger partial charge on any atom is -0.0991 e. The second-order valence-electron chi connectivity index (χ2n) is 1.34. The third-order valence-electron chi connectivity index (χ3n) is 0.661. The van der Waals surface area contributed by atoms with E-state index in [2.05, 4.69) is 13.5 Å². The molecule has 0 unspecified atom stereocenters. The van der Waals surface area contributed by atoms with Crippen LogP contribution in [0.15, 0.2) is 37.0 Å². The minimum atomic E-state index is 0.849. The van der Waals surface area contributed by atoms with Crippen LogP contribution < -0.4 is 0 Å². The van der Waals surface area contributed by atoms with Gasteiger partial charge in [0.15, 0.2) is 0 Å². The van der Waals surface area contributed by atoms with Crippen molar-refractivity contribution in [2.75, 3.05) is 0 Å². The molecule has 0 saturated heterocycles. The van der Waals surface area contributed by atoms with Gasteiger partial charge in [0.2, 0.25) is 0 Å². The van der Waals surface area contributed by atoms with Crippen LogP contribution in [0.3, 0.4) is 0 Å². The normalized spacial score (nSPS) is 11.1. The molecule has 0 aliphatic carbocycles. The van der Waals surface area contributed by atoms with Crippen molar-refractivity contribution in [1.29, 1.82) is 0 Å². The van der Waals surface area contributed by atoms with Gasteiger partial charge in [-0.2, -0.15) is 0 Å². The lowest BCUT2D eigenvalue weighted by atomic mass is 10.4. The molecule has 0 aliphatic heterocycles. The Morgan fingerprint density at radius 3 is 2.38 bits per heavy atom. The predicted molar refractivity (Wildman–Crippen MR) is 38.5 cm³/mol. The van der Waals surface area contributed by atoms with E-state index < -0.39 is 0 Å². The number of hydrogen-bond acceptors (Lipinski definition) is 0. The second kappa shape index (κ2) is 6.22. The molecule has 0 spiro atoms. The van der Waals surface area contributed by atoms with Gasteiger partial charge < -0.3 is 0 Å². The fourth-order valence-corrected chi connectivity index (χ4v) is 0.318. The van der Waals surface area contributed by atoms with Gasteiger partial charge in [-0.15, -0.1) is 0 Å². The highest BCUT2D eigenvalue weighted by Gasteiger charge is 1.59. The monoisotopic (exact) mass is 107 g/mol. The van der Waals surface area contributed by atoms with E-state index in [-0.39, 0.29) is 0 Å². The molecule has 1 radical (unpaired) electrons. The number of rotatable bonds is 3. The highest BCUT2D eigenvalue weighted by molar-refractivity contribution is 5.08. The Bertz CT molecular complexity index is 96.6. The fraction of sp³-hybridized carbons (Fsp3) is 0.125. The third kappa shape index (κ3) is 5.22. The molecular formula is C8H11. The van der Waals surface area contributed by atoms with E-state index in [1.165, 1.54) is 0 Å². The van der Waals surface area contributed by atoms with Crippen LogP contribution in [0.1, 0.15) is 6.42 Å². The van der Waals surface area contributed by atoms with Crippen LogP contribution in [0.25, 0.3) is 0 Å². The van der Waals surface area contributed by atoms with E-state index >= 15 is 0 Å². The molecule has 0 bridgehead atoms. The zero-order valence-electron chi connectivity index (χ0n) is 5.01. The van der Waals surface area contributed by atoms with Gasteiger partial charge >= 0.3 is 0 Å². The molecule has 0 saturated carbocycles. The van der Waals surface area contributed by atoms with Gasteiger partial charge in [-0.05, 0) is 13.3 Å². The molecule has 0 N–H and O–H groups in total. The Hall–Kier alpha value is -0.780. The maximum Gasteiger partial charge on any atom is -0.0347 e. The third-order valence-corrected chi connectivity index (χ3v) is 0.661. The molecule has 0 rings (SSSR count). The van der Waals surface area contributed by atoms with Gasteiger partial charge in [-0.3, -0.25) is 0 Å². The van der Waals surface area contributed by atoms with E-state index in [4.69, 9.17) is 0 Å². The second-order valence-corrected chi connectivity index (χ2v) is 1.34. The smallest absolute Gasteiger partial charge is 0.0347 e. The van der Waals surface area contributed by atoms with Crippen molar-refractivity contribution in [1.82, 2.24) is 0 Å². The van der Waals surface area contributed by atoms with Crippen molar-refractivity contribution < 1.29 is 0 Å². The van der Waals surface area contributed by atoms with Gasteiger partial charge in [-0.1, -0.05) is 37.0 Å². The molecule has 0 fully saturated rings. The summed E-state index contributed by atoms with van der Waals surface area (Å²) in [7, 11) is 0. The van der Waals surface area contributed by atoms with Crippen molar-refractivity contribution in [2.24, 2.45) is 0 Å². The van der Waals surface area contributed by atoms with Crippen molar-refractivity contribution in [3.8, 4) is 0 Å².